The summed E-state index contributed by atoms with van der Waals surface area (Å²) in [6, 6.07) is 11.5. The van der Waals surface area contributed by atoms with Crippen molar-refractivity contribution in [1.29, 1.82) is 0 Å². The molecule has 1 amide bonds. The molecule has 1 heterocycles. The van der Waals surface area contributed by atoms with Gasteiger partial charge in [0, 0.05) is 18.9 Å². The molecule has 5 aliphatic rings. The number of carbonyl (C=O) groups excluding carboxylic acids is 1. The van der Waals surface area contributed by atoms with E-state index in [-0.39, 0.29) is 33.0 Å². The average molecular weight is 649 g/mol. The number of pyridine rings is 1. The number of amides is 1. The number of carboxylic acid groups (broad SMARTS) is 1. The molecule has 7 rings (SSSR count). The zero-order valence-corrected chi connectivity index (χ0v) is 30.1. The predicted molar refractivity (Wildman–Crippen MR) is 192 cm³/mol. The van der Waals surface area contributed by atoms with E-state index < -0.39 is 5.97 Å². The first kappa shape index (κ1) is 33.3. The second kappa shape index (κ2) is 11.4. The standard InChI is InChI=1S/C43H56N2O3/c1-27(2)31-14-21-43(38(48)45-26-28-17-24-44-25-18-28)23-22-41(6)33(36(31)43)12-13-35-40(5)19-15-32(29-8-10-30(11-9-29)37(46)47)39(3,4)34(40)16-20-42(35,41)7/h8-11,15,17-18,24-25,31,33-36H,1,12-14,16,19-23,26H2,2-7H3,(H,45,48)(H,46,47)/t31-,33+,34-,35+,36+,40-,41+,42+,43-/m0/s1. The number of benzene rings is 1. The fourth-order valence-corrected chi connectivity index (χ4v) is 13.3. The largest absolute Gasteiger partial charge is 0.478 e. The van der Waals surface area contributed by atoms with Crippen LogP contribution >= 0.6 is 0 Å². The lowest BCUT2D eigenvalue weighted by molar-refractivity contribution is -0.225. The van der Waals surface area contributed by atoms with Gasteiger partial charge in [-0.1, -0.05) is 65.0 Å². The first-order chi connectivity index (χ1) is 22.7. The summed E-state index contributed by atoms with van der Waals surface area (Å²) in [5.74, 6) is 1.82. The van der Waals surface area contributed by atoms with E-state index in [2.05, 4.69) is 64.5 Å². The molecule has 4 fully saturated rings. The van der Waals surface area contributed by atoms with Crippen LogP contribution in [0.4, 0.5) is 0 Å². The summed E-state index contributed by atoms with van der Waals surface area (Å²) < 4.78 is 0. The van der Waals surface area contributed by atoms with Gasteiger partial charge in [0.05, 0.1) is 11.0 Å². The lowest BCUT2D eigenvalue weighted by atomic mass is 9.32. The van der Waals surface area contributed by atoms with E-state index >= 15 is 0 Å². The first-order valence-electron chi connectivity index (χ1n) is 18.6. The number of carboxylic acids is 1. The Morgan fingerprint density at radius 3 is 2.25 bits per heavy atom. The van der Waals surface area contributed by atoms with Crippen LogP contribution in [0, 0.1) is 56.7 Å². The van der Waals surface area contributed by atoms with Crippen molar-refractivity contribution in [1.82, 2.24) is 10.3 Å². The molecule has 5 aliphatic carbocycles. The third kappa shape index (κ3) is 4.65. The molecule has 0 saturated heterocycles. The number of allylic oxidation sites excluding steroid dienone is 3. The van der Waals surface area contributed by atoms with Crippen LogP contribution in [-0.4, -0.2) is 22.0 Å². The van der Waals surface area contributed by atoms with Crippen molar-refractivity contribution in [3.8, 4) is 0 Å². The topological polar surface area (TPSA) is 79.3 Å². The van der Waals surface area contributed by atoms with E-state index in [4.69, 9.17) is 0 Å². The summed E-state index contributed by atoms with van der Waals surface area (Å²) >= 11 is 0. The number of carbonyl (C=O) groups is 2. The molecule has 0 unspecified atom stereocenters. The van der Waals surface area contributed by atoms with Gasteiger partial charge in [0.25, 0.3) is 0 Å². The quantitative estimate of drug-likeness (QED) is 0.306. The molecule has 1 aromatic carbocycles. The van der Waals surface area contributed by atoms with Gasteiger partial charge in [-0.3, -0.25) is 9.78 Å². The van der Waals surface area contributed by atoms with Crippen LogP contribution in [0.25, 0.3) is 5.57 Å². The van der Waals surface area contributed by atoms with Crippen LogP contribution in [0.1, 0.15) is 121 Å². The molecular weight excluding hydrogens is 592 g/mol. The average Bonchev–Trinajstić information content (AvgIpc) is 3.46. The van der Waals surface area contributed by atoms with Gasteiger partial charge in [0.1, 0.15) is 0 Å². The van der Waals surface area contributed by atoms with Crippen molar-refractivity contribution in [2.45, 2.75) is 106 Å². The van der Waals surface area contributed by atoms with Gasteiger partial charge in [-0.05, 0) is 157 Å². The normalized spacial score (nSPS) is 39.5. The van der Waals surface area contributed by atoms with Gasteiger partial charge >= 0.3 is 5.97 Å². The smallest absolute Gasteiger partial charge is 0.335 e. The zero-order chi connectivity index (χ0) is 34.3. The summed E-state index contributed by atoms with van der Waals surface area (Å²) in [5, 5.41) is 12.9. The fourth-order valence-electron chi connectivity index (χ4n) is 13.3. The predicted octanol–water partition coefficient (Wildman–Crippen LogP) is 9.75. The second-order valence-electron chi connectivity index (χ2n) is 17.8. The Morgan fingerprint density at radius 1 is 0.875 bits per heavy atom. The Morgan fingerprint density at radius 2 is 1.58 bits per heavy atom. The Hall–Kier alpha value is -3.21. The van der Waals surface area contributed by atoms with E-state index in [1.165, 1.54) is 36.8 Å². The molecule has 256 valence electrons. The molecule has 0 spiro atoms. The lowest BCUT2D eigenvalue weighted by Crippen LogP contribution is -2.66. The maximum absolute atomic E-state index is 14.4. The number of nitrogens with zero attached hydrogens (tertiary/aromatic N) is 1. The number of fused-ring (bicyclic) bond motifs is 7. The molecule has 0 radical (unpaired) electrons. The SMILES string of the molecule is C=C(C)[C@@H]1CC[C@]2(C(=O)NCc3ccncc3)CC[C@]3(C)[C@H](CC[C@@H]4[C@@]5(C)CC=C(c6ccc(C(=O)O)cc6)C(C)(C)[C@@H]5CC[C@]43C)[C@@H]12. The maximum Gasteiger partial charge on any atom is 0.335 e. The minimum absolute atomic E-state index is 0.0120. The van der Waals surface area contributed by atoms with Crippen LogP contribution in [0.2, 0.25) is 0 Å². The van der Waals surface area contributed by atoms with Crippen LogP contribution in [-0.2, 0) is 11.3 Å². The Kier molecular flexibility index (Phi) is 7.92. The summed E-state index contributed by atoms with van der Waals surface area (Å²) in [6.45, 7) is 20.1. The van der Waals surface area contributed by atoms with Crippen molar-refractivity contribution < 1.29 is 14.7 Å². The van der Waals surface area contributed by atoms with Gasteiger partial charge in [0.2, 0.25) is 5.91 Å². The second-order valence-corrected chi connectivity index (χ2v) is 17.8. The number of aromatic nitrogens is 1. The molecule has 9 atom stereocenters. The van der Waals surface area contributed by atoms with Crippen LogP contribution in [0.15, 0.2) is 67.0 Å². The highest BCUT2D eigenvalue weighted by atomic mass is 16.4. The molecule has 2 N–H and O–H groups in total. The van der Waals surface area contributed by atoms with E-state index in [1.807, 2.05) is 24.3 Å². The number of aromatic carboxylic acids is 1. The summed E-state index contributed by atoms with van der Waals surface area (Å²) in [5.41, 5.74) is 5.48. The molecule has 48 heavy (non-hydrogen) atoms. The van der Waals surface area contributed by atoms with Crippen molar-refractivity contribution in [3.05, 3.63) is 83.7 Å². The monoisotopic (exact) mass is 648 g/mol. The number of rotatable bonds is 6. The number of hydrogen-bond acceptors (Lipinski definition) is 3. The third-order valence-electron chi connectivity index (χ3n) is 15.7. The third-order valence-corrected chi connectivity index (χ3v) is 15.7. The minimum Gasteiger partial charge on any atom is -0.478 e. The van der Waals surface area contributed by atoms with E-state index in [0.717, 1.165) is 43.2 Å². The van der Waals surface area contributed by atoms with E-state index in [0.29, 0.717) is 41.7 Å². The van der Waals surface area contributed by atoms with Crippen molar-refractivity contribution in [2.75, 3.05) is 0 Å². The molecule has 0 aliphatic heterocycles. The number of hydrogen-bond donors (Lipinski definition) is 2. The molecule has 5 nitrogen and oxygen atoms in total. The van der Waals surface area contributed by atoms with Gasteiger partial charge < -0.3 is 10.4 Å². The molecule has 2 aromatic rings. The van der Waals surface area contributed by atoms with E-state index in [1.54, 1.807) is 24.5 Å². The highest BCUT2D eigenvalue weighted by Crippen LogP contribution is 2.77. The van der Waals surface area contributed by atoms with Crippen molar-refractivity contribution in [2.24, 2.45) is 56.7 Å². The Labute approximate surface area is 288 Å². The maximum atomic E-state index is 14.4. The number of nitrogens with one attached hydrogen (secondary N) is 1. The van der Waals surface area contributed by atoms with Crippen LogP contribution < -0.4 is 5.32 Å². The minimum atomic E-state index is -0.876. The van der Waals surface area contributed by atoms with Crippen LogP contribution in [0.5, 0.6) is 0 Å². The molecule has 0 bridgehead atoms. The lowest BCUT2D eigenvalue weighted by Gasteiger charge is -2.72. The fraction of sp³-hybridized carbons (Fsp3) is 0.605. The first-order valence-corrected chi connectivity index (χ1v) is 18.6. The highest BCUT2D eigenvalue weighted by molar-refractivity contribution is 5.88. The molecule has 4 saturated carbocycles. The zero-order valence-electron chi connectivity index (χ0n) is 30.1. The molecule has 1 aromatic heterocycles. The Balaban J connectivity index is 1.20. The van der Waals surface area contributed by atoms with Crippen molar-refractivity contribution in [3.63, 3.8) is 0 Å². The van der Waals surface area contributed by atoms with Gasteiger partial charge in [-0.15, -0.1) is 0 Å². The van der Waals surface area contributed by atoms with Crippen LogP contribution in [0.3, 0.4) is 0 Å². The summed E-state index contributed by atoms with van der Waals surface area (Å²) in [4.78, 5) is 30.1. The molecular formula is C43H56N2O3. The molecule has 5 heteroatoms. The van der Waals surface area contributed by atoms with Gasteiger partial charge in [0.15, 0.2) is 0 Å². The van der Waals surface area contributed by atoms with E-state index in [9.17, 15) is 14.7 Å². The Bertz CT molecular complexity index is 1640. The van der Waals surface area contributed by atoms with Gasteiger partial charge in [-0.2, -0.15) is 0 Å². The summed E-state index contributed by atoms with van der Waals surface area (Å²) in [6.07, 6.45) is 16.2. The van der Waals surface area contributed by atoms with Crippen molar-refractivity contribution >= 4 is 17.4 Å². The summed E-state index contributed by atoms with van der Waals surface area (Å²) in [7, 11) is 0. The highest BCUT2D eigenvalue weighted by Gasteiger charge is 2.71. The van der Waals surface area contributed by atoms with Gasteiger partial charge in [-0.25, -0.2) is 4.79 Å².